The molecular formula is C20H19F3N6O2. The quantitative estimate of drug-likeness (QED) is 0.643. The van der Waals surface area contributed by atoms with Crippen molar-refractivity contribution in [3.63, 3.8) is 0 Å². The Hall–Kier alpha value is -3.50. The summed E-state index contributed by atoms with van der Waals surface area (Å²) in [4.78, 5) is 41.1. The third kappa shape index (κ3) is 3.94. The van der Waals surface area contributed by atoms with E-state index in [0.29, 0.717) is 19.4 Å². The van der Waals surface area contributed by atoms with Crippen molar-refractivity contribution in [2.24, 2.45) is 0 Å². The lowest BCUT2D eigenvalue weighted by Crippen LogP contribution is -2.39. The highest BCUT2D eigenvalue weighted by Gasteiger charge is 2.37. The number of H-pyrrole nitrogens is 1. The second-order valence-corrected chi connectivity index (χ2v) is 7.47. The van der Waals surface area contributed by atoms with E-state index in [9.17, 15) is 22.8 Å². The molecule has 1 aliphatic rings. The van der Waals surface area contributed by atoms with Crippen molar-refractivity contribution < 1.29 is 18.0 Å². The summed E-state index contributed by atoms with van der Waals surface area (Å²) in [5.74, 6) is -0.514. The third-order valence-corrected chi connectivity index (χ3v) is 5.32. The Morgan fingerprint density at radius 1 is 1.32 bits per heavy atom. The van der Waals surface area contributed by atoms with Crippen LogP contribution in [-0.2, 0) is 6.18 Å². The van der Waals surface area contributed by atoms with E-state index in [0.717, 1.165) is 6.07 Å². The van der Waals surface area contributed by atoms with Crippen LogP contribution in [0.1, 0.15) is 46.2 Å². The fraction of sp³-hybridized carbons (Fsp3) is 0.350. The predicted molar refractivity (Wildman–Crippen MR) is 106 cm³/mol. The van der Waals surface area contributed by atoms with Gasteiger partial charge in [-0.25, -0.2) is 15.0 Å². The van der Waals surface area contributed by atoms with Crippen LogP contribution in [0.3, 0.4) is 0 Å². The summed E-state index contributed by atoms with van der Waals surface area (Å²) >= 11 is 0. The number of amides is 1. The van der Waals surface area contributed by atoms with Crippen LogP contribution in [0.15, 0.2) is 29.2 Å². The average Bonchev–Trinajstić information content (AvgIpc) is 2.72. The molecule has 1 amide bonds. The molecule has 0 aromatic carbocycles. The molecule has 4 heterocycles. The van der Waals surface area contributed by atoms with Gasteiger partial charge in [0.1, 0.15) is 11.6 Å². The van der Waals surface area contributed by atoms with Gasteiger partial charge in [-0.05, 0) is 38.0 Å². The van der Waals surface area contributed by atoms with Crippen molar-refractivity contribution in [1.82, 2.24) is 24.8 Å². The maximum absolute atomic E-state index is 13.7. The fourth-order valence-corrected chi connectivity index (χ4v) is 3.87. The molecule has 11 heteroatoms. The summed E-state index contributed by atoms with van der Waals surface area (Å²) in [6, 6.07) is 4.05. The van der Waals surface area contributed by atoms with Crippen LogP contribution in [0.25, 0.3) is 11.0 Å². The van der Waals surface area contributed by atoms with Crippen LogP contribution < -0.4 is 11.3 Å². The smallest absolute Gasteiger partial charge is 0.383 e. The number of carbonyl (C=O) groups excluding carboxylic acids is 1. The molecule has 3 aromatic heterocycles. The number of hydrogen-bond donors (Lipinski definition) is 2. The lowest BCUT2D eigenvalue weighted by molar-refractivity contribution is -0.136. The van der Waals surface area contributed by atoms with Crippen LogP contribution >= 0.6 is 0 Å². The molecule has 0 radical (unpaired) electrons. The fourth-order valence-electron chi connectivity index (χ4n) is 3.87. The number of nitrogens with one attached hydrogen (secondary N) is 1. The van der Waals surface area contributed by atoms with Crippen molar-refractivity contribution in [3.05, 3.63) is 57.4 Å². The Morgan fingerprint density at radius 2 is 2.10 bits per heavy atom. The van der Waals surface area contributed by atoms with E-state index < -0.39 is 28.6 Å². The van der Waals surface area contributed by atoms with Gasteiger partial charge in [0.2, 0.25) is 0 Å². The molecule has 0 aliphatic carbocycles. The molecule has 0 spiro atoms. The van der Waals surface area contributed by atoms with Crippen molar-refractivity contribution in [3.8, 4) is 0 Å². The van der Waals surface area contributed by atoms with E-state index >= 15 is 0 Å². The molecular weight excluding hydrogens is 413 g/mol. The minimum Gasteiger partial charge on any atom is -0.383 e. The van der Waals surface area contributed by atoms with Crippen LogP contribution in [0.5, 0.6) is 0 Å². The van der Waals surface area contributed by atoms with E-state index in [1.54, 1.807) is 12.1 Å². The number of likely N-dealkylation sites (tertiary alicyclic amines) is 1. The van der Waals surface area contributed by atoms with Gasteiger partial charge in [0.05, 0.1) is 16.5 Å². The second kappa shape index (κ2) is 7.64. The standard InChI is InChI=1S/C20H19F3N6O2/c1-10-26-17-15(18(30)27-10)13(20(21,22)23)8-14(28-17)11-4-3-7-29(9-11)19(31)12-5-2-6-25-16(12)24/h2,5-6,8,11H,3-4,7,9H2,1H3,(H2,24,25)(H,26,27,28,30)/t11-/m1/s1. The minimum absolute atomic E-state index is 0.0942. The third-order valence-electron chi connectivity index (χ3n) is 5.32. The molecule has 1 aliphatic heterocycles. The Morgan fingerprint density at radius 3 is 2.81 bits per heavy atom. The number of aromatic amines is 1. The van der Waals surface area contributed by atoms with Gasteiger partial charge in [0, 0.05) is 30.9 Å². The number of pyridine rings is 2. The molecule has 1 fully saturated rings. The van der Waals surface area contributed by atoms with Gasteiger partial charge in [-0.2, -0.15) is 13.2 Å². The minimum atomic E-state index is -4.76. The van der Waals surface area contributed by atoms with Gasteiger partial charge >= 0.3 is 6.18 Å². The summed E-state index contributed by atoms with van der Waals surface area (Å²) in [6.45, 7) is 2.09. The normalized spacial score (nSPS) is 17.2. The number of nitrogen functional groups attached to an aromatic ring is 1. The topological polar surface area (TPSA) is 118 Å². The first-order chi connectivity index (χ1) is 14.6. The predicted octanol–water partition coefficient (Wildman–Crippen LogP) is 2.64. The lowest BCUT2D eigenvalue weighted by Gasteiger charge is -2.33. The number of hydrogen-bond acceptors (Lipinski definition) is 6. The highest BCUT2D eigenvalue weighted by molar-refractivity contribution is 5.98. The number of carbonyl (C=O) groups is 1. The van der Waals surface area contributed by atoms with Gasteiger partial charge in [-0.15, -0.1) is 0 Å². The summed E-state index contributed by atoms with van der Waals surface area (Å²) < 4.78 is 41.2. The number of anilines is 1. The maximum Gasteiger partial charge on any atom is 0.417 e. The molecule has 1 atom stereocenters. The molecule has 8 nitrogen and oxygen atoms in total. The Labute approximate surface area is 174 Å². The molecule has 1 saturated heterocycles. The first kappa shape index (κ1) is 20.8. The summed E-state index contributed by atoms with van der Waals surface area (Å²) in [5, 5.41) is -0.589. The highest BCUT2D eigenvalue weighted by atomic mass is 19.4. The zero-order chi connectivity index (χ0) is 22.3. The Kier molecular flexibility index (Phi) is 5.11. The van der Waals surface area contributed by atoms with Crippen LogP contribution in [-0.4, -0.2) is 43.8 Å². The molecule has 0 saturated carbocycles. The van der Waals surface area contributed by atoms with Gasteiger partial charge in [-0.1, -0.05) is 0 Å². The van der Waals surface area contributed by atoms with Crippen molar-refractivity contribution in [2.45, 2.75) is 31.9 Å². The first-order valence-corrected chi connectivity index (χ1v) is 9.63. The number of nitrogens with zero attached hydrogens (tertiary/aromatic N) is 4. The maximum atomic E-state index is 13.7. The second-order valence-electron chi connectivity index (χ2n) is 7.47. The van der Waals surface area contributed by atoms with E-state index in [1.807, 2.05) is 0 Å². The number of piperidine rings is 1. The van der Waals surface area contributed by atoms with Crippen molar-refractivity contribution >= 4 is 22.8 Å². The van der Waals surface area contributed by atoms with Crippen LogP contribution in [0.2, 0.25) is 0 Å². The van der Waals surface area contributed by atoms with Crippen LogP contribution in [0, 0.1) is 6.92 Å². The first-order valence-electron chi connectivity index (χ1n) is 9.63. The molecule has 4 rings (SSSR count). The van der Waals surface area contributed by atoms with Gasteiger partial charge in [-0.3, -0.25) is 9.59 Å². The molecule has 162 valence electrons. The number of halogens is 3. The van der Waals surface area contributed by atoms with Gasteiger partial charge in [0.25, 0.3) is 11.5 Å². The molecule has 0 unspecified atom stereocenters. The number of rotatable bonds is 2. The van der Waals surface area contributed by atoms with E-state index in [2.05, 4.69) is 19.9 Å². The lowest BCUT2D eigenvalue weighted by atomic mass is 9.92. The number of aryl methyl sites for hydroxylation is 1. The number of nitrogens with two attached hydrogens (primary N) is 1. The van der Waals surface area contributed by atoms with Gasteiger partial charge in [0.15, 0.2) is 5.65 Å². The molecule has 0 bridgehead atoms. The molecule has 31 heavy (non-hydrogen) atoms. The van der Waals surface area contributed by atoms with E-state index in [1.165, 1.54) is 18.0 Å². The Bertz CT molecular complexity index is 1220. The zero-order valence-corrected chi connectivity index (χ0v) is 16.5. The summed E-state index contributed by atoms with van der Waals surface area (Å²) in [7, 11) is 0. The zero-order valence-electron chi connectivity index (χ0n) is 16.5. The summed E-state index contributed by atoms with van der Waals surface area (Å²) in [6.07, 6.45) is -2.16. The highest BCUT2D eigenvalue weighted by Crippen LogP contribution is 2.36. The number of alkyl halides is 3. The number of aromatic nitrogens is 4. The molecule has 3 N–H and O–H groups in total. The SMILES string of the molecule is Cc1nc2nc([C@@H]3CCCN(C(=O)c4cccnc4N)C3)cc(C(F)(F)F)c2c(=O)[nH]1. The molecule has 3 aromatic rings. The van der Waals surface area contributed by atoms with Gasteiger partial charge < -0.3 is 15.6 Å². The summed E-state index contributed by atoms with van der Waals surface area (Å²) in [5.41, 5.74) is 3.96. The largest absolute Gasteiger partial charge is 0.417 e. The van der Waals surface area contributed by atoms with Crippen molar-refractivity contribution in [2.75, 3.05) is 18.8 Å². The monoisotopic (exact) mass is 432 g/mol. The number of fused-ring (bicyclic) bond motifs is 1. The van der Waals surface area contributed by atoms with Crippen LogP contribution in [0.4, 0.5) is 19.0 Å². The van der Waals surface area contributed by atoms with Crippen molar-refractivity contribution in [1.29, 1.82) is 0 Å². The Balaban J connectivity index is 1.74. The van der Waals surface area contributed by atoms with E-state index in [4.69, 9.17) is 5.73 Å². The van der Waals surface area contributed by atoms with E-state index in [-0.39, 0.29) is 41.0 Å². The average molecular weight is 432 g/mol.